The topological polar surface area (TPSA) is 64.0 Å². The van der Waals surface area contributed by atoms with E-state index in [0.29, 0.717) is 11.4 Å². The predicted octanol–water partition coefficient (Wildman–Crippen LogP) is 2.09. The highest BCUT2D eigenvalue weighted by Crippen LogP contribution is 2.19. The van der Waals surface area contributed by atoms with Gasteiger partial charge in [0.1, 0.15) is 4.90 Å². The molecule has 19 heavy (non-hydrogen) atoms. The van der Waals surface area contributed by atoms with E-state index < -0.39 is 10.0 Å². The fourth-order valence-electron chi connectivity index (χ4n) is 1.91. The number of nitrogens with one attached hydrogen (secondary N) is 1. The quantitative estimate of drug-likeness (QED) is 0.932. The zero-order valence-corrected chi connectivity index (χ0v) is 12.0. The molecule has 0 saturated carbocycles. The van der Waals surface area contributed by atoms with E-state index in [-0.39, 0.29) is 4.90 Å². The van der Waals surface area contributed by atoms with E-state index in [1.165, 1.54) is 10.9 Å². The molecule has 0 aliphatic heterocycles. The summed E-state index contributed by atoms with van der Waals surface area (Å²) >= 11 is 0. The predicted molar refractivity (Wildman–Crippen MR) is 74.6 cm³/mol. The summed E-state index contributed by atoms with van der Waals surface area (Å²) in [7, 11) is -1.88. The molecule has 0 fully saturated rings. The number of sulfonamides is 1. The van der Waals surface area contributed by atoms with Crippen LogP contribution in [0.25, 0.3) is 0 Å². The Bertz CT molecular complexity index is 690. The molecule has 102 valence electrons. The molecule has 0 spiro atoms. The summed E-state index contributed by atoms with van der Waals surface area (Å²) in [5.74, 6) is 0. The van der Waals surface area contributed by atoms with Crippen molar-refractivity contribution in [3.8, 4) is 0 Å². The highest BCUT2D eigenvalue weighted by Gasteiger charge is 2.19. The van der Waals surface area contributed by atoms with Crippen LogP contribution in [0.1, 0.15) is 18.2 Å². The second-order valence-electron chi connectivity index (χ2n) is 4.41. The van der Waals surface area contributed by atoms with Crippen molar-refractivity contribution in [2.75, 3.05) is 4.72 Å². The summed E-state index contributed by atoms with van der Waals surface area (Å²) < 4.78 is 28.6. The van der Waals surface area contributed by atoms with Crippen LogP contribution in [-0.2, 0) is 23.5 Å². The highest BCUT2D eigenvalue weighted by molar-refractivity contribution is 7.92. The van der Waals surface area contributed by atoms with Crippen LogP contribution in [0.15, 0.2) is 35.4 Å². The fourth-order valence-corrected chi connectivity index (χ4v) is 3.17. The van der Waals surface area contributed by atoms with Gasteiger partial charge in [-0.3, -0.25) is 9.40 Å². The van der Waals surface area contributed by atoms with Gasteiger partial charge in [0, 0.05) is 18.9 Å². The smallest absolute Gasteiger partial charge is 0.265 e. The Hall–Kier alpha value is -1.82. The molecule has 1 aromatic heterocycles. The Morgan fingerprint density at radius 2 is 2.11 bits per heavy atom. The molecule has 2 aromatic rings. The molecule has 1 N–H and O–H groups in total. The van der Waals surface area contributed by atoms with Crippen LogP contribution in [0, 0.1) is 6.92 Å². The van der Waals surface area contributed by atoms with Crippen molar-refractivity contribution in [3.63, 3.8) is 0 Å². The molecule has 0 amide bonds. The van der Waals surface area contributed by atoms with E-state index in [1.807, 2.05) is 25.1 Å². The number of benzene rings is 1. The van der Waals surface area contributed by atoms with Crippen LogP contribution < -0.4 is 4.72 Å². The van der Waals surface area contributed by atoms with E-state index in [1.54, 1.807) is 20.0 Å². The second kappa shape index (κ2) is 5.05. The molecule has 1 aromatic carbocycles. The van der Waals surface area contributed by atoms with Crippen molar-refractivity contribution in [2.24, 2.45) is 7.05 Å². The Balaban J connectivity index is 2.33. The maximum absolute atomic E-state index is 12.3. The summed E-state index contributed by atoms with van der Waals surface area (Å²) in [6.45, 7) is 3.70. The molecule has 1 heterocycles. The van der Waals surface area contributed by atoms with Crippen molar-refractivity contribution in [1.82, 2.24) is 9.78 Å². The van der Waals surface area contributed by atoms with Crippen LogP contribution in [-0.4, -0.2) is 18.2 Å². The molecule has 2 rings (SSSR count). The third-order valence-electron chi connectivity index (χ3n) is 2.85. The Labute approximate surface area is 113 Å². The number of rotatable bonds is 4. The Morgan fingerprint density at radius 1 is 1.37 bits per heavy atom. The van der Waals surface area contributed by atoms with Crippen molar-refractivity contribution in [1.29, 1.82) is 0 Å². The maximum Gasteiger partial charge on any atom is 0.265 e. The first-order valence-corrected chi connectivity index (χ1v) is 7.52. The van der Waals surface area contributed by atoms with Crippen molar-refractivity contribution < 1.29 is 8.42 Å². The lowest BCUT2D eigenvalue weighted by molar-refractivity contribution is 0.600. The first-order chi connectivity index (χ1) is 8.92. The monoisotopic (exact) mass is 279 g/mol. The van der Waals surface area contributed by atoms with Gasteiger partial charge >= 0.3 is 0 Å². The Kier molecular flexibility index (Phi) is 3.61. The van der Waals surface area contributed by atoms with Gasteiger partial charge in [0.05, 0.1) is 5.69 Å². The molecule has 0 aliphatic rings. The van der Waals surface area contributed by atoms with Crippen LogP contribution in [0.4, 0.5) is 5.69 Å². The van der Waals surface area contributed by atoms with Gasteiger partial charge in [-0.2, -0.15) is 5.10 Å². The Morgan fingerprint density at radius 3 is 2.68 bits per heavy atom. The van der Waals surface area contributed by atoms with Crippen LogP contribution in [0.2, 0.25) is 0 Å². The minimum absolute atomic E-state index is 0.205. The molecule has 0 radical (unpaired) electrons. The van der Waals surface area contributed by atoms with E-state index in [0.717, 1.165) is 12.0 Å². The van der Waals surface area contributed by atoms with Crippen molar-refractivity contribution >= 4 is 15.7 Å². The van der Waals surface area contributed by atoms with Crippen LogP contribution in [0.3, 0.4) is 0 Å². The van der Waals surface area contributed by atoms with Gasteiger partial charge in [0.2, 0.25) is 0 Å². The molecular formula is C13H17N3O2S. The molecule has 5 nitrogen and oxygen atoms in total. The lowest BCUT2D eigenvalue weighted by atomic mass is 10.1. The SMILES string of the molecule is CCc1cccc(NS(=O)(=O)c2cn(C)nc2C)c1. The number of nitrogens with zero attached hydrogens (tertiary/aromatic N) is 2. The van der Waals surface area contributed by atoms with Gasteiger partial charge in [-0.1, -0.05) is 19.1 Å². The first-order valence-electron chi connectivity index (χ1n) is 6.04. The molecular weight excluding hydrogens is 262 g/mol. The number of hydrogen-bond donors (Lipinski definition) is 1. The molecule has 0 bridgehead atoms. The molecule has 6 heteroatoms. The van der Waals surface area contributed by atoms with Gasteiger partial charge in [-0.05, 0) is 31.0 Å². The average Bonchev–Trinajstić information content (AvgIpc) is 2.69. The summed E-state index contributed by atoms with van der Waals surface area (Å²) in [4.78, 5) is 0.205. The van der Waals surface area contributed by atoms with E-state index in [2.05, 4.69) is 9.82 Å². The maximum atomic E-state index is 12.3. The lowest BCUT2D eigenvalue weighted by Gasteiger charge is -2.08. The summed E-state index contributed by atoms with van der Waals surface area (Å²) in [6.07, 6.45) is 2.36. The minimum atomic E-state index is -3.58. The van der Waals surface area contributed by atoms with E-state index in [9.17, 15) is 8.42 Å². The van der Waals surface area contributed by atoms with Crippen molar-refractivity contribution in [3.05, 3.63) is 41.7 Å². The van der Waals surface area contributed by atoms with E-state index >= 15 is 0 Å². The standard InChI is InChI=1S/C13H17N3O2S/c1-4-11-6-5-7-12(8-11)15-19(17,18)13-9-16(3)14-10(13)2/h5-9,15H,4H2,1-3H3. The number of aromatic nitrogens is 2. The summed E-state index contributed by atoms with van der Waals surface area (Å²) in [5, 5.41) is 4.05. The number of anilines is 1. The summed E-state index contributed by atoms with van der Waals surface area (Å²) in [6, 6.07) is 7.38. The van der Waals surface area contributed by atoms with Gasteiger partial charge < -0.3 is 0 Å². The van der Waals surface area contributed by atoms with Gasteiger partial charge in [-0.15, -0.1) is 0 Å². The molecule has 0 saturated heterocycles. The van der Waals surface area contributed by atoms with Gasteiger partial charge in [-0.25, -0.2) is 8.42 Å². The number of hydrogen-bond acceptors (Lipinski definition) is 3. The van der Waals surface area contributed by atoms with Gasteiger partial charge in [0.25, 0.3) is 10.0 Å². The van der Waals surface area contributed by atoms with Crippen molar-refractivity contribution in [2.45, 2.75) is 25.2 Å². The number of aryl methyl sites for hydroxylation is 3. The molecule has 0 aliphatic carbocycles. The fraction of sp³-hybridized carbons (Fsp3) is 0.308. The molecule has 0 unspecified atom stereocenters. The largest absolute Gasteiger partial charge is 0.280 e. The van der Waals surface area contributed by atoms with E-state index in [4.69, 9.17) is 0 Å². The normalized spacial score (nSPS) is 11.5. The lowest BCUT2D eigenvalue weighted by Crippen LogP contribution is -2.13. The average molecular weight is 279 g/mol. The third-order valence-corrected chi connectivity index (χ3v) is 4.33. The molecule has 0 atom stereocenters. The third kappa shape index (κ3) is 2.96. The van der Waals surface area contributed by atoms with Gasteiger partial charge in [0.15, 0.2) is 0 Å². The first kappa shape index (κ1) is 13.6. The second-order valence-corrected chi connectivity index (χ2v) is 6.06. The zero-order chi connectivity index (χ0) is 14.0. The highest BCUT2D eigenvalue weighted by atomic mass is 32.2. The van der Waals surface area contributed by atoms with Crippen LogP contribution >= 0.6 is 0 Å². The zero-order valence-electron chi connectivity index (χ0n) is 11.2. The van der Waals surface area contributed by atoms with Crippen LogP contribution in [0.5, 0.6) is 0 Å². The minimum Gasteiger partial charge on any atom is -0.280 e. The summed E-state index contributed by atoms with van der Waals surface area (Å²) in [5.41, 5.74) is 2.15.